The Hall–Kier alpha value is -4.70. The molecule has 4 atom stereocenters. The summed E-state index contributed by atoms with van der Waals surface area (Å²) < 4.78 is 5.02. The number of benzene rings is 3. The van der Waals surface area contributed by atoms with Crippen molar-refractivity contribution in [3.63, 3.8) is 0 Å². The number of ether oxygens (including phenoxy) is 1. The summed E-state index contributed by atoms with van der Waals surface area (Å²) in [4.78, 5) is 54.8. The average molecular weight is 528 g/mol. The number of amides is 3. The molecule has 0 saturated carbocycles. The summed E-state index contributed by atoms with van der Waals surface area (Å²) in [7, 11) is 0. The molecule has 3 aliphatic rings. The van der Waals surface area contributed by atoms with Crippen LogP contribution in [0.25, 0.3) is 0 Å². The summed E-state index contributed by atoms with van der Waals surface area (Å²) in [6.07, 6.45) is 0.209. The Bertz CT molecular complexity index is 1540. The second kappa shape index (κ2) is 8.95. The van der Waals surface area contributed by atoms with Crippen molar-refractivity contribution in [2.24, 2.45) is 11.8 Å². The molecule has 3 aromatic carbocycles. The van der Waals surface area contributed by atoms with E-state index >= 15 is 0 Å². The van der Waals surface area contributed by atoms with Gasteiger partial charge in [-0.1, -0.05) is 24.3 Å². The number of para-hydroxylation sites is 1. The number of carbonyl (C=O) groups is 4. The van der Waals surface area contributed by atoms with E-state index in [2.05, 4.69) is 10.6 Å². The lowest BCUT2D eigenvalue weighted by Crippen LogP contribution is -2.53. The second-order valence-corrected chi connectivity index (χ2v) is 9.87. The Morgan fingerprint density at radius 3 is 2.44 bits per heavy atom. The van der Waals surface area contributed by atoms with Gasteiger partial charge in [-0.2, -0.15) is 0 Å². The van der Waals surface area contributed by atoms with E-state index in [1.165, 1.54) is 36.4 Å². The average Bonchev–Trinajstić information content (AvgIpc) is 3.50. The zero-order valence-corrected chi connectivity index (χ0v) is 20.9. The first kappa shape index (κ1) is 24.6. The van der Waals surface area contributed by atoms with Crippen molar-refractivity contribution in [1.82, 2.24) is 5.32 Å². The van der Waals surface area contributed by atoms with E-state index in [9.17, 15) is 29.4 Å². The lowest BCUT2D eigenvalue weighted by atomic mass is 9.76. The van der Waals surface area contributed by atoms with Crippen LogP contribution in [0.5, 0.6) is 11.5 Å². The molecular weight excluding hydrogens is 502 g/mol. The van der Waals surface area contributed by atoms with Crippen molar-refractivity contribution >= 4 is 35.1 Å². The summed E-state index contributed by atoms with van der Waals surface area (Å²) in [6.45, 7) is 1.91. The summed E-state index contributed by atoms with van der Waals surface area (Å²) in [5, 5.41) is 26.0. The minimum absolute atomic E-state index is 0.209. The number of anilines is 2. The van der Waals surface area contributed by atoms with Crippen LogP contribution in [-0.2, 0) is 31.1 Å². The predicted molar refractivity (Wildman–Crippen MR) is 139 cm³/mol. The molecule has 3 aliphatic heterocycles. The van der Waals surface area contributed by atoms with Gasteiger partial charge in [-0.25, -0.2) is 9.69 Å². The van der Waals surface area contributed by atoms with Crippen molar-refractivity contribution in [3.8, 4) is 11.5 Å². The highest BCUT2D eigenvalue weighted by atomic mass is 16.5. The lowest BCUT2D eigenvalue weighted by Gasteiger charge is -2.29. The van der Waals surface area contributed by atoms with Crippen LogP contribution in [0.2, 0.25) is 0 Å². The van der Waals surface area contributed by atoms with Gasteiger partial charge in [-0.3, -0.25) is 19.7 Å². The van der Waals surface area contributed by atoms with Crippen molar-refractivity contribution < 1.29 is 34.1 Å². The van der Waals surface area contributed by atoms with Crippen LogP contribution in [0.15, 0.2) is 66.7 Å². The van der Waals surface area contributed by atoms with Crippen molar-refractivity contribution in [1.29, 1.82) is 0 Å². The lowest BCUT2D eigenvalue weighted by molar-refractivity contribution is -0.130. The smallest absolute Gasteiger partial charge is 0.338 e. The van der Waals surface area contributed by atoms with Gasteiger partial charge >= 0.3 is 5.97 Å². The maximum atomic E-state index is 14.1. The molecule has 3 aromatic rings. The first-order chi connectivity index (χ1) is 18.8. The Labute approximate surface area is 223 Å². The number of hydrogen-bond donors (Lipinski definition) is 4. The van der Waals surface area contributed by atoms with Crippen molar-refractivity contribution in [2.45, 2.75) is 24.9 Å². The number of nitrogens with one attached hydrogen (secondary N) is 2. The second-order valence-electron chi connectivity index (χ2n) is 9.87. The minimum Gasteiger partial charge on any atom is -0.504 e. The molecule has 0 aliphatic carbocycles. The fourth-order valence-corrected chi connectivity index (χ4v) is 6.10. The number of phenols is 2. The zero-order chi connectivity index (χ0) is 27.5. The van der Waals surface area contributed by atoms with Gasteiger partial charge in [0.2, 0.25) is 17.7 Å². The number of rotatable bonds is 5. The number of imide groups is 1. The number of hydrogen-bond acceptors (Lipinski definition) is 8. The molecule has 39 heavy (non-hydrogen) atoms. The number of carbonyl (C=O) groups excluding carboxylic acids is 4. The first-order valence-corrected chi connectivity index (χ1v) is 12.6. The van der Waals surface area contributed by atoms with E-state index in [1.807, 2.05) is 0 Å². The van der Waals surface area contributed by atoms with Gasteiger partial charge < -0.3 is 20.3 Å². The quantitative estimate of drug-likeness (QED) is 0.225. The fourth-order valence-electron chi connectivity index (χ4n) is 6.10. The van der Waals surface area contributed by atoms with Crippen LogP contribution in [0.4, 0.5) is 11.4 Å². The first-order valence-electron chi connectivity index (χ1n) is 12.6. The normalized spacial score (nSPS) is 25.1. The van der Waals surface area contributed by atoms with Gasteiger partial charge in [0, 0.05) is 17.3 Å². The van der Waals surface area contributed by atoms with Gasteiger partial charge in [0.15, 0.2) is 11.5 Å². The molecule has 0 bridgehead atoms. The van der Waals surface area contributed by atoms with E-state index in [1.54, 1.807) is 37.3 Å². The molecule has 2 fully saturated rings. The summed E-state index contributed by atoms with van der Waals surface area (Å²) in [6, 6.07) is 16.8. The molecule has 3 heterocycles. The molecule has 1 spiro atoms. The number of aromatic hydroxyl groups is 2. The van der Waals surface area contributed by atoms with Crippen molar-refractivity contribution in [3.05, 3.63) is 83.4 Å². The third kappa shape index (κ3) is 3.59. The maximum Gasteiger partial charge on any atom is 0.338 e. The van der Waals surface area contributed by atoms with Gasteiger partial charge in [-0.05, 0) is 61.4 Å². The molecule has 2 saturated heterocycles. The van der Waals surface area contributed by atoms with E-state index in [-0.39, 0.29) is 35.8 Å². The van der Waals surface area contributed by atoms with Crippen LogP contribution in [0.3, 0.4) is 0 Å². The minimum atomic E-state index is -1.47. The number of fused-ring (bicyclic) bond motifs is 4. The number of nitrogens with zero attached hydrogens (tertiary/aromatic N) is 1. The molecule has 4 N–H and O–H groups in total. The largest absolute Gasteiger partial charge is 0.504 e. The highest BCUT2D eigenvalue weighted by Gasteiger charge is 2.70. The Kier molecular flexibility index (Phi) is 5.65. The van der Waals surface area contributed by atoms with E-state index < -0.39 is 47.1 Å². The monoisotopic (exact) mass is 527 g/mol. The third-order valence-corrected chi connectivity index (χ3v) is 7.75. The van der Waals surface area contributed by atoms with Gasteiger partial charge in [0.05, 0.1) is 29.7 Å². The predicted octanol–water partition coefficient (Wildman–Crippen LogP) is 2.44. The maximum absolute atomic E-state index is 14.1. The van der Waals surface area contributed by atoms with Gasteiger partial charge in [0.1, 0.15) is 5.54 Å². The summed E-state index contributed by atoms with van der Waals surface area (Å²) in [5.74, 6) is -4.44. The molecule has 6 rings (SSSR count). The molecule has 0 radical (unpaired) electrons. The summed E-state index contributed by atoms with van der Waals surface area (Å²) >= 11 is 0. The van der Waals surface area contributed by atoms with E-state index in [0.29, 0.717) is 16.8 Å². The molecule has 0 unspecified atom stereocenters. The molecule has 10 heteroatoms. The number of esters is 1. The van der Waals surface area contributed by atoms with Gasteiger partial charge in [-0.15, -0.1) is 0 Å². The zero-order valence-electron chi connectivity index (χ0n) is 20.9. The standard InChI is InChI=1S/C29H25N3O7/c1-2-39-27(37)16-8-10-17(11-9-16)32-25(35)23-20(13-15-7-12-21(33)22(34)14-15)31-29(24(23)26(32)36)18-5-3-4-6-19(18)30-28(29)38/h3-12,14,20,23-24,31,33-34H,2,13H2,1H3,(H,30,38)/t20-,23-,24+,29-/m1/s1. The highest BCUT2D eigenvalue weighted by Crippen LogP contribution is 2.53. The van der Waals surface area contributed by atoms with Crippen LogP contribution in [0.1, 0.15) is 28.4 Å². The Balaban J connectivity index is 1.42. The van der Waals surface area contributed by atoms with Crippen molar-refractivity contribution in [2.75, 3.05) is 16.8 Å². The van der Waals surface area contributed by atoms with E-state index in [0.717, 1.165) is 4.90 Å². The van der Waals surface area contributed by atoms with Gasteiger partial charge in [0.25, 0.3) is 0 Å². The molecule has 0 aromatic heterocycles. The topological polar surface area (TPSA) is 145 Å². The molecular formula is C29H25N3O7. The highest BCUT2D eigenvalue weighted by molar-refractivity contribution is 6.25. The SMILES string of the molecule is CCOC(=O)c1ccc(N2C(=O)[C@H]3[C@@H](C2=O)[C@@]2(N[C@@H]3Cc3ccc(O)c(O)c3)C(=O)Nc3ccccc32)cc1. The van der Waals surface area contributed by atoms with Crippen LogP contribution >= 0.6 is 0 Å². The fraction of sp³-hybridized carbons (Fsp3) is 0.241. The molecule has 10 nitrogen and oxygen atoms in total. The Morgan fingerprint density at radius 2 is 1.72 bits per heavy atom. The number of phenolic OH excluding ortho intramolecular Hbond substituents is 2. The Morgan fingerprint density at radius 1 is 0.974 bits per heavy atom. The molecule has 198 valence electrons. The van der Waals surface area contributed by atoms with Crippen LogP contribution in [0, 0.1) is 11.8 Å². The van der Waals surface area contributed by atoms with Crippen LogP contribution in [-0.4, -0.2) is 46.6 Å². The van der Waals surface area contributed by atoms with Crippen LogP contribution < -0.4 is 15.5 Å². The van der Waals surface area contributed by atoms with E-state index in [4.69, 9.17) is 4.74 Å². The summed E-state index contributed by atoms with van der Waals surface area (Å²) in [5.41, 5.74) is 0.859. The third-order valence-electron chi connectivity index (χ3n) is 7.75. The molecule has 3 amide bonds.